The second-order valence-electron chi connectivity index (χ2n) is 3.67. The Bertz CT molecular complexity index is 505. The maximum absolute atomic E-state index is 11.6. The zero-order valence-corrected chi connectivity index (χ0v) is 11.8. The number of carbonyl (C=O) groups is 1. The van der Waals surface area contributed by atoms with E-state index in [4.69, 9.17) is 4.74 Å². The van der Waals surface area contributed by atoms with Gasteiger partial charge in [0.25, 0.3) is 11.6 Å². The normalized spacial score (nSPS) is 11.5. The minimum Gasteiger partial charge on any atom is -0.479 e. The summed E-state index contributed by atoms with van der Waals surface area (Å²) in [6.45, 7) is 5.38. The second-order valence-corrected chi connectivity index (χ2v) is 4.52. The van der Waals surface area contributed by atoms with Crippen LogP contribution in [0, 0.1) is 10.1 Å². The van der Waals surface area contributed by atoms with E-state index >= 15 is 0 Å². The Morgan fingerprint density at radius 1 is 1.68 bits per heavy atom. The molecule has 0 saturated carbocycles. The first-order valence-corrected chi connectivity index (χ1v) is 6.24. The predicted octanol–water partition coefficient (Wildman–Crippen LogP) is 2.43. The Kier molecular flexibility index (Phi) is 5.50. The molecular formula is C12H13BrN2O4. The molecule has 0 fully saturated rings. The second kappa shape index (κ2) is 6.89. The molecule has 102 valence electrons. The van der Waals surface area contributed by atoms with Crippen molar-refractivity contribution in [2.45, 2.75) is 13.0 Å². The lowest BCUT2D eigenvalue weighted by Crippen LogP contribution is -2.36. The highest BCUT2D eigenvalue weighted by Gasteiger charge is 2.17. The molecule has 1 atom stereocenters. The monoisotopic (exact) mass is 328 g/mol. The van der Waals surface area contributed by atoms with Crippen molar-refractivity contribution in [2.75, 3.05) is 6.54 Å². The van der Waals surface area contributed by atoms with Crippen LogP contribution in [0.3, 0.4) is 0 Å². The average molecular weight is 329 g/mol. The van der Waals surface area contributed by atoms with Crippen molar-refractivity contribution in [2.24, 2.45) is 0 Å². The van der Waals surface area contributed by atoms with Gasteiger partial charge in [0.1, 0.15) is 5.75 Å². The lowest BCUT2D eigenvalue weighted by atomic mass is 10.3. The third-order valence-electron chi connectivity index (χ3n) is 2.22. The highest BCUT2D eigenvalue weighted by Crippen LogP contribution is 2.29. The number of non-ortho nitro benzene ring substituents is 1. The number of amides is 1. The number of halogens is 1. The highest BCUT2D eigenvalue weighted by atomic mass is 79.9. The topological polar surface area (TPSA) is 81.5 Å². The lowest BCUT2D eigenvalue weighted by Gasteiger charge is -2.15. The minimum absolute atomic E-state index is 0.100. The molecule has 1 N–H and O–H groups in total. The Labute approximate surface area is 118 Å². The van der Waals surface area contributed by atoms with Gasteiger partial charge in [-0.3, -0.25) is 14.9 Å². The standard InChI is InChI=1S/C12H13BrN2O4/c1-3-6-14-12(16)8(2)19-11-7-9(15(17)18)4-5-10(11)13/h3-5,7-8H,1,6H2,2H3,(H,14,16). The first kappa shape index (κ1) is 15.2. The van der Waals surface area contributed by atoms with Crippen LogP contribution in [-0.4, -0.2) is 23.5 Å². The van der Waals surface area contributed by atoms with Crippen LogP contribution in [0.5, 0.6) is 5.75 Å². The summed E-state index contributed by atoms with van der Waals surface area (Å²) in [5.41, 5.74) is -0.100. The van der Waals surface area contributed by atoms with Crippen molar-refractivity contribution in [1.82, 2.24) is 5.32 Å². The summed E-state index contributed by atoms with van der Waals surface area (Å²) in [5, 5.41) is 13.2. The molecule has 1 amide bonds. The molecule has 0 aromatic heterocycles. The van der Waals surface area contributed by atoms with Gasteiger partial charge in [-0.15, -0.1) is 6.58 Å². The third-order valence-corrected chi connectivity index (χ3v) is 2.87. The largest absolute Gasteiger partial charge is 0.479 e. The van der Waals surface area contributed by atoms with E-state index in [0.717, 1.165) is 0 Å². The van der Waals surface area contributed by atoms with Crippen molar-refractivity contribution in [1.29, 1.82) is 0 Å². The number of nitrogens with zero attached hydrogens (tertiary/aromatic N) is 1. The zero-order valence-electron chi connectivity index (χ0n) is 10.3. The van der Waals surface area contributed by atoms with Crippen LogP contribution < -0.4 is 10.1 Å². The number of nitro benzene ring substituents is 1. The van der Waals surface area contributed by atoms with Crippen LogP contribution in [0.1, 0.15) is 6.92 Å². The molecule has 0 radical (unpaired) electrons. The van der Waals surface area contributed by atoms with Crippen LogP contribution >= 0.6 is 15.9 Å². The van der Waals surface area contributed by atoms with E-state index in [-0.39, 0.29) is 17.3 Å². The number of hydrogen-bond donors (Lipinski definition) is 1. The van der Waals surface area contributed by atoms with E-state index in [0.29, 0.717) is 11.0 Å². The van der Waals surface area contributed by atoms with Crippen LogP contribution in [-0.2, 0) is 4.79 Å². The molecule has 0 aliphatic heterocycles. The van der Waals surface area contributed by atoms with Crippen molar-refractivity contribution in [3.05, 3.63) is 45.4 Å². The minimum atomic E-state index is -0.766. The van der Waals surface area contributed by atoms with E-state index < -0.39 is 11.0 Å². The van der Waals surface area contributed by atoms with Gasteiger partial charge in [-0.2, -0.15) is 0 Å². The Balaban J connectivity index is 2.80. The fourth-order valence-corrected chi connectivity index (χ4v) is 1.60. The van der Waals surface area contributed by atoms with Gasteiger partial charge in [0.15, 0.2) is 6.10 Å². The van der Waals surface area contributed by atoms with Crippen molar-refractivity contribution in [3.63, 3.8) is 0 Å². The average Bonchev–Trinajstić information content (AvgIpc) is 2.38. The summed E-state index contributed by atoms with van der Waals surface area (Å²) >= 11 is 3.21. The summed E-state index contributed by atoms with van der Waals surface area (Å²) < 4.78 is 5.94. The number of ether oxygens (including phenoxy) is 1. The summed E-state index contributed by atoms with van der Waals surface area (Å²) in [7, 11) is 0. The molecule has 0 aliphatic carbocycles. The molecule has 1 aromatic carbocycles. The number of benzene rings is 1. The summed E-state index contributed by atoms with van der Waals surface area (Å²) in [4.78, 5) is 21.7. The summed E-state index contributed by atoms with van der Waals surface area (Å²) in [6.07, 6.45) is 0.784. The maximum Gasteiger partial charge on any atom is 0.273 e. The first-order chi connectivity index (χ1) is 8.95. The number of nitro groups is 1. The Morgan fingerprint density at radius 3 is 2.95 bits per heavy atom. The van der Waals surface area contributed by atoms with Gasteiger partial charge in [-0.1, -0.05) is 6.08 Å². The van der Waals surface area contributed by atoms with E-state index in [9.17, 15) is 14.9 Å². The molecule has 1 aromatic rings. The molecule has 0 spiro atoms. The molecule has 6 nitrogen and oxygen atoms in total. The molecule has 0 bridgehead atoms. The van der Waals surface area contributed by atoms with Crippen LogP contribution in [0.4, 0.5) is 5.69 Å². The molecule has 0 aliphatic rings. The van der Waals surface area contributed by atoms with E-state index in [1.165, 1.54) is 18.2 Å². The van der Waals surface area contributed by atoms with Gasteiger partial charge < -0.3 is 10.1 Å². The van der Waals surface area contributed by atoms with Gasteiger partial charge >= 0.3 is 0 Å². The Hall–Kier alpha value is -1.89. The molecule has 7 heteroatoms. The molecule has 1 unspecified atom stereocenters. The SMILES string of the molecule is C=CCNC(=O)C(C)Oc1cc([N+](=O)[O-])ccc1Br. The number of carbonyl (C=O) groups excluding carboxylic acids is 1. The fourth-order valence-electron chi connectivity index (χ4n) is 1.26. The van der Waals surface area contributed by atoms with E-state index in [1.807, 2.05) is 0 Å². The van der Waals surface area contributed by atoms with E-state index in [1.54, 1.807) is 13.0 Å². The van der Waals surface area contributed by atoms with Gasteiger partial charge in [-0.05, 0) is 28.9 Å². The lowest BCUT2D eigenvalue weighted by molar-refractivity contribution is -0.385. The number of nitrogens with one attached hydrogen (secondary N) is 1. The molecule has 0 heterocycles. The predicted molar refractivity (Wildman–Crippen MR) is 74.1 cm³/mol. The van der Waals surface area contributed by atoms with Gasteiger partial charge in [-0.25, -0.2) is 0 Å². The van der Waals surface area contributed by atoms with Crippen molar-refractivity contribution in [3.8, 4) is 5.75 Å². The zero-order chi connectivity index (χ0) is 14.4. The molecule has 0 saturated heterocycles. The Morgan fingerprint density at radius 2 is 2.37 bits per heavy atom. The highest BCUT2D eigenvalue weighted by molar-refractivity contribution is 9.10. The molecule has 1 rings (SSSR count). The molecule has 19 heavy (non-hydrogen) atoms. The molecular weight excluding hydrogens is 316 g/mol. The third kappa shape index (κ3) is 4.36. The summed E-state index contributed by atoms with van der Waals surface area (Å²) in [6, 6.07) is 4.11. The fraction of sp³-hybridized carbons (Fsp3) is 0.250. The van der Waals surface area contributed by atoms with Crippen LogP contribution in [0.15, 0.2) is 35.3 Å². The summed E-state index contributed by atoms with van der Waals surface area (Å²) in [5.74, 6) is -0.0752. The first-order valence-electron chi connectivity index (χ1n) is 5.45. The van der Waals surface area contributed by atoms with Gasteiger partial charge in [0, 0.05) is 12.6 Å². The number of rotatable bonds is 6. The van der Waals surface area contributed by atoms with Gasteiger partial charge in [0.05, 0.1) is 15.5 Å². The van der Waals surface area contributed by atoms with Crippen LogP contribution in [0.2, 0.25) is 0 Å². The van der Waals surface area contributed by atoms with E-state index in [2.05, 4.69) is 27.8 Å². The van der Waals surface area contributed by atoms with Gasteiger partial charge in [0.2, 0.25) is 0 Å². The van der Waals surface area contributed by atoms with Crippen LogP contribution in [0.25, 0.3) is 0 Å². The quantitative estimate of drug-likeness (QED) is 0.494. The van der Waals surface area contributed by atoms with Crippen molar-refractivity contribution >= 4 is 27.5 Å². The number of hydrogen-bond acceptors (Lipinski definition) is 4. The maximum atomic E-state index is 11.6. The smallest absolute Gasteiger partial charge is 0.273 e. The van der Waals surface area contributed by atoms with Crippen molar-refractivity contribution < 1.29 is 14.5 Å².